The van der Waals surface area contributed by atoms with Crippen LogP contribution in [0.25, 0.3) is 0 Å². The van der Waals surface area contributed by atoms with Crippen LogP contribution in [0.2, 0.25) is 0 Å². The maximum absolute atomic E-state index is 12.0. The van der Waals surface area contributed by atoms with Crippen molar-refractivity contribution in [1.82, 2.24) is 5.32 Å². The number of carbonyl (C=O) groups excluding carboxylic acids is 2. The highest BCUT2D eigenvalue weighted by atomic mass is 79.9. The van der Waals surface area contributed by atoms with E-state index in [0.717, 1.165) is 20.6 Å². The lowest BCUT2D eigenvalue weighted by molar-refractivity contribution is -0.862. The first-order valence-corrected chi connectivity index (χ1v) is 8.04. The minimum absolute atomic E-state index is 0.0608. The quantitative estimate of drug-likeness (QED) is 0.727. The van der Waals surface area contributed by atoms with Gasteiger partial charge in [0, 0.05) is 10.0 Å². The van der Waals surface area contributed by atoms with Gasteiger partial charge in [-0.15, -0.1) is 0 Å². The molecule has 0 radical (unpaired) electrons. The van der Waals surface area contributed by atoms with Crippen molar-refractivity contribution in [2.24, 2.45) is 0 Å². The Morgan fingerprint density at radius 2 is 1.77 bits per heavy atom. The van der Waals surface area contributed by atoms with Gasteiger partial charge in [-0.2, -0.15) is 0 Å². The summed E-state index contributed by atoms with van der Waals surface area (Å²) in [5, 5.41) is 5.74. The summed E-state index contributed by atoms with van der Waals surface area (Å²) in [4.78, 5) is 24.7. The molecule has 0 aliphatic rings. The second-order valence-corrected chi connectivity index (χ2v) is 7.49. The van der Waals surface area contributed by atoms with Crippen LogP contribution in [0.3, 0.4) is 0 Å². The van der Waals surface area contributed by atoms with Gasteiger partial charge in [-0.3, -0.25) is 9.59 Å². The highest BCUT2D eigenvalue weighted by molar-refractivity contribution is 9.10. The summed E-state index contributed by atoms with van der Waals surface area (Å²) in [5.74, 6) is -0.181. The Balaban J connectivity index is 2.49. The van der Waals surface area contributed by atoms with E-state index in [1.165, 1.54) is 0 Å². The Kier molecular flexibility index (Phi) is 6.56. The van der Waals surface area contributed by atoms with Crippen LogP contribution < -0.4 is 15.5 Å². The van der Waals surface area contributed by atoms with Crippen molar-refractivity contribution in [3.8, 4) is 0 Å². The largest absolute Gasteiger partial charge is 0.347 e. The molecule has 5 nitrogen and oxygen atoms in total. The summed E-state index contributed by atoms with van der Waals surface area (Å²) in [6.07, 6.45) is 0. The van der Waals surface area contributed by atoms with Crippen LogP contribution >= 0.6 is 15.9 Å². The predicted octanol–water partition coefficient (Wildman–Crippen LogP) is 1.13. The molecule has 0 fully saturated rings. The average molecular weight is 371 g/mol. The van der Waals surface area contributed by atoms with Gasteiger partial charge in [-0.1, -0.05) is 6.07 Å². The standard InChI is InChI=1S/C16H24BrN3O2/c1-11-6-7-13(12(17)8-11)18-14(21)9-20(5)10-15(22)19-16(2,3)4/h6-8H,9-10H2,1-5H3,(H,18,21)(H,19,22)/p+1. The number of rotatable bonds is 5. The summed E-state index contributed by atoms with van der Waals surface area (Å²) >= 11 is 3.43. The van der Waals surface area contributed by atoms with E-state index in [-0.39, 0.29) is 30.4 Å². The number of hydrogen-bond acceptors (Lipinski definition) is 2. The van der Waals surface area contributed by atoms with Gasteiger partial charge >= 0.3 is 0 Å². The number of nitrogens with one attached hydrogen (secondary N) is 3. The number of anilines is 1. The van der Waals surface area contributed by atoms with Crippen LogP contribution in [-0.2, 0) is 9.59 Å². The van der Waals surface area contributed by atoms with Gasteiger partial charge in [0.15, 0.2) is 13.1 Å². The van der Waals surface area contributed by atoms with Crippen LogP contribution in [0.1, 0.15) is 26.3 Å². The molecule has 1 aromatic rings. The van der Waals surface area contributed by atoms with Crippen molar-refractivity contribution in [3.05, 3.63) is 28.2 Å². The first-order chi connectivity index (χ1) is 10.1. The van der Waals surface area contributed by atoms with Crippen molar-refractivity contribution >= 4 is 33.4 Å². The second-order valence-electron chi connectivity index (χ2n) is 6.64. The molecule has 122 valence electrons. The molecule has 0 bridgehead atoms. The molecule has 1 atom stereocenters. The molecular weight excluding hydrogens is 346 g/mol. The molecule has 0 heterocycles. The summed E-state index contributed by atoms with van der Waals surface area (Å²) in [6.45, 7) is 8.28. The maximum Gasteiger partial charge on any atom is 0.279 e. The molecule has 22 heavy (non-hydrogen) atoms. The molecule has 3 N–H and O–H groups in total. The zero-order valence-electron chi connectivity index (χ0n) is 13.8. The molecular formula is C16H25BrN3O2+. The normalized spacial score (nSPS) is 12.6. The third-order valence-corrected chi connectivity index (χ3v) is 3.49. The number of benzene rings is 1. The minimum Gasteiger partial charge on any atom is -0.347 e. The molecule has 1 aromatic carbocycles. The number of halogens is 1. The zero-order chi connectivity index (χ0) is 16.9. The topological polar surface area (TPSA) is 62.6 Å². The summed E-state index contributed by atoms with van der Waals surface area (Å²) in [7, 11) is 1.83. The molecule has 0 aromatic heterocycles. The van der Waals surface area contributed by atoms with Gasteiger partial charge in [-0.25, -0.2) is 0 Å². The molecule has 2 amide bonds. The van der Waals surface area contributed by atoms with E-state index in [1.54, 1.807) is 0 Å². The third-order valence-electron chi connectivity index (χ3n) is 2.84. The number of aryl methyl sites for hydroxylation is 1. The lowest BCUT2D eigenvalue weighted by Crippen LogP contribution is -3.11. The molecule has 6 heteroatoms. The monoisotopic (exact) mass is 370 g/mol. The molecule has 1 rings (SSSR count). The van der Waals surface area contributed by atoms with Crippen LogP contribution in [0.15, 0.2) is 22.7 Å². The van der Waals surface area contributed by atoms with Crippen LogP contribution in [0.5, 0.6) is 0 Å². The number of amides is 2. The molecule has 0 saturated carbocycles. The van der Waals surface area contributed by atoms with Crippen molar-refractivity contribution in [1.29, 1.82) is 0 Å². The first-order valence-electron chi connectivity index (χ1n) is 7.25. The summed E-state index contributed by atoms with van der Waals surface area (Å²) in [5.41, 5.74) is 1.60. The fourth-order valence-corrected chi connectivity index (χ4v) is 2.58. The highest BCUT2D eigenvalue weighted by Gasteiger charge is 2.19. The molecule has 1 unspecified atom stereocenters. The van der Waals surface area contributed by atoms with Gasteiger partial charge in [-0.05, 0) is 61.3 Å². The number of carbonyl (C=O) groups is 2. The lowest BCUT2D eigenvalue weighted by atomic mass is 10.1. The fourth-order valence-electron chi connectivity index (χ4n) is 1.99. The smallest absolute Gasteiger partial charge is 0.279 e. The Morgan fingerprint density at radius 1 is 1.18 bits per heavy atom. The Morgan fingerprint density at radius 3 is 2.32 bits per heavy atom. The number of quaternary nitrogens is 1. The van der Waals surface area contributed by atoms with E-state index in [4.69, 9.17) is 0 Å². The zero-order valence-corrected chi connectivity index (χ0v) is 15.4. The van der Waals surface area contributed by atoms with Crippen LogP contribution in [-0.4, -0.2) is 37.5 Å². The first kappa shape index (κ1) is 18.6. The Bertz CT molecular complexity index is 553. The van der Waals surface area contributed by atoms with E-state index in [1.807, 2.05) is 52.9 Å². The fraction of sp³-hybridized carbons (Fsp3) is 0.500. The van der Waals surface area contributed by atoms with Crippen molar-refractivity contribution in [2.75, 3.05) is 25.5 Å². The average Bonchev–Trinajstić information content (AvgIpc) is 2.29. The van der Waals surface area contributed by atoms with Crippen molar-refractivity contribution < 1.29 is 14.5 Å². The lowest BCUT2D eigenvalue weighted by Gasteiger charge is -2.21. The van der Waals surface area contributed by atoms with E-state index >= 15 is 0 Å². The molecule has 0 spiro atoms. The minimum atomic E-state index is -0.258. The summed E-state index contributed by atoms with van der Waals surface area (Å²) < 4.78 is 0.851. The highest BCUT2D eigenvalue weighted by Crippen LogP contribution is 2.22. The van der Waals surface area contributed by atoms with Gasteiger partial charge in [0.05, 0.1) is 12.7 Å². The molecule has 0 saturated heterocycles. The van der Waals surface area contributed by atoms with Crippen molar-refractivity contribution in [2.45, 2.75) is 33.2 Å². The molecule has 0 aliphatic heterocycles. The van der Waals surface area contributed by atoms with E-state index < -0.39 is 0 Å². The van der Waals surface area contributed by atoms with Gasteiger partial charge in [0.1, 0.15) is 0 Å². The van der Waals surface area contributed by atoms with E-state index in [9.17, 15) is 9.59 Å². The number of likely N-dealkylation sites (N-methyl/N-ethyl adjacent to an activating group) is 1. The molecule has 0 aliphatic carbocycles. The van der Waals surface area contributed by atoms with Crippen LogP contribution in [0, 0.1) is 6.92 Å². The van der Waals surface area contributed by atoms with E-state index in [0.29, 0.717) is 0 Å². The predicted molar refractivity (Wildman–Crippen MR) is 92.0 cm³/mol. The van der Waals surface area contributed by atoms with Gasteiger partial charge in [0.2, 0.25) is 0 Å². The summed E-state index contributed by atoms with van der Waals surface area (Å²) in [6, 6.07) is 5.75. The SMILES string of the molecule is Cc1ccc(NC(=O)C[NH+](C)CC(=O)NC(C)(C)C)c(Br)c1. The van der Waals surface area contributed by atoms with Gasteiger partial charge in [0.25, 0.3) is 11.8 Å². The third kappa shape index (κ3) is 7.04. The van der Waals surface area contributed by atoms with Crippen molar-refractivity contribution in [3.63, 3.8) is 0 Å². The Labute approximate surface area is 140 Å². The maximum atomic E-state index is 12.0. The Hall–Kier alpha value is -1.40. The van der Waals surface area contributed by atoms with Crippen LogP contribution in [0.4, 0.5) is 5.69 Å². The van der Waals surface area contributed by atoms with Gasteiger partial charge < -0.3 is 15.5 Å². The second kappa shape index (κ2) is 7.74. The van der Waals surface area contributed by atoms with E-state index in [2.05, 4.69) is 26.6 Å². The number of hydrogen-bond donors (Lipinski definition) is 3.